The Morgan fingerprint density at radius 1 is 1.47 bits per heavy atom. The molecule has 0 heterocycles. The molecule has 15 heavy (non-hydrogen) atoms. The Morgan fingerprint density at radius 2 is 2.20 bits per heavy atom. The van der Waals surface area contributed by atoms with E-state index >= 15 is 0 Å². The highest BCUT2D eigenvalue weighted by molar-refractivity contribution is 6.34. The van der Waals surface area contributed by atoms with Gasteiger partial charge in [0.15, 0.2) is 5.75 Å². The van der Waals surface area contributed by atoms with E-state index in [4.69, 9.17) is 33.7 Å². The van der Waals surface area contributed by atoms with Crippen LogP contribution < -0.4 is 15.8 Å². The lowest BCUT2D eigenvalue weighted by atomic mass is 10.3. The summed E-state index contributed by atoms with van der Waals surface area (Å²) in [5, 5.41) is 3.21. The van der Waals surface area contributed by atoms with E-state index in [1.54, 1.807) is 12.1 Å². The van der Waals surface area contributed by atoms with Gasteiger partial charge in [0.25, 0.3) is 0 Å². The minimum Gasteiger partial charge on any atom is -0.409 e. The van der Waals surface area contributed by atoms with Crippen molar-refractivity contribution < 1.29 is 9.53 Å². The zero-order valence-electron chi connectivity index (χ0n) is 7.80. The van der Waals surface area contributed by atoms with Gasteiger partial charge >= 0.3 is 6.09 Å². The molecule has 0 aromatic heterocycles. The summed E-state index contributed by atoms with van der Waals surface area (Å²) in [6, 6.07) is 4.62. The standard InChI is InChI=1S/C9H10Cl2N2O2/c10-6-1-2-7(11)8(5-6)15-9(14)13-4-3-12/h1-2,5H,3-4,12H2,(H,13,14). The number of ether oxygens (including phenoxy) is 1. The molecule has 1 aromatic carbocycles. The first-order chi connectivity index (χ1) is 7.13. The lowest BCUT2D eigenvalue weighted by molar-refractivity contribution is 0.201. The summed E-state index contributed by atoms with van der Waals surface area (Å²) < 4.78 is 4.91. The first-order valence-electron chi connectivity index (χ1n) is 4.24. The van der Waals surface area contributed by atoms with Crippen molar-refractivity contribution in [2.75, 3.05) is 13.1 Å². The van der Waals surface area contributed by atoms with Gasteiger partial charge in [-0.1, -0.05) is 23.2 Å². The van der Waals surface area contributed by atoms with Gasteiger partial charge in [0.1, 0.15) is 0 Å². The minimum atomic E-state index is -0.607. The van der Waals surface area contributed by atoms with Gasteiger partial charge in [0.05, 0.1) is 5.02 Å². The zero-order chi connectivity index (χ0) is 11.3. The molecule has 0 unspecified atom stereocenters. The van der Waals surface area contributed by atoms with Crippen molar-refractivity contribution in [3.8, 4) is 5.75 Å². The Hall–Kier alpha value is -0.970. The lowest BCUT2D eigenvalue weighted by Crippen LogP contribution is -2.31. The first-order valence-corrected chi connectivity index (χ1v) is 5.00. The maximum absolute atomic E-state index is 11.1. The fourth-order valence-electron chi connectivity index (χ4n) is 0.866. The average Bonchev–Trinajstić information content (AvgIpc) is 2.20. The molecule has 4 nitrogen and oxygen atoms in total. The van der Waals surface area contributed by atoms with Gasteiger partial charge in [-0.2, -0.15) is 0 Å². The lowest BCUT2D eigenvalue weighted by Gasteiger charge is -2.07. The van der Waals surface area contributed by atoms with Crippen molar-refractivity contribution in [1.29, 1.82) is 0 Å². The van der Waals surface area contributed by atoms with Crippen LogP contribution in [-0.2, 0) is 0 Å². The molecule has 0 radical (unpaired) electrons. The third-order valence-corrected chi connectivity index (χ3v) is 2.06. The van der Waals surface area contributed by atoms with Gasteiger partial charge in [-0.3, -0.25) is 0 Å². The molecule has 0 atom stereocenters. The molecule has 0 aliphatic heterocycles. The number of halogens is 2. The SMILES string of the molecule is NCCNC(=O)Oc1cc(Cl)ccc1Cl. The number of nitrogens with two attached hydrogens (primary N) is 1. The molecule has 0 fully saturated rings. The van der Waals surface area contributed by atoms with E-state index in [1.807, 2.05) is 0 Å². The van der Waals surface area contributed by atoms with Crippen LogP contribution in [0.3, 0.4) is 0 Å². The Morgan fingerprint density at radius 3 is 2.87 bits per heavy atom. The number of rotatable bonds is 3. The summed E-state index contributed by atoms with van der Waals surface area (Å²) >= 11 is 11.5. The maximum Gasteiger partial charge on any atom is 0.412 e. The van der Waals surface area contributed by atoms with E-state index in [9.17, 15) is 4.79 Å². The summed E-state index contributed by atoms with van der Waals surface area (Å²) in [7, 11) is 0. The summed E-state index contributed by atoms with van der Waals surface area (Å²) in [4.78, 5) is 11.1. The van der Waals surface area contributed by atoms with Gasteiger partial charge in [-0.15, -0.1) is 0 Å². The van der Waals surface area contributed by atoms with Crippen LogP contribution in [-0.4, -0.2) is 19.2 Å². The number of nitrogens with one attached hydrogen (secondary N) is 1. The van der Waals surface area contributed by atoms with Crippen LogP contribution in [0.25, 0.3) is 0 Å². The van der Waals surface area contributed by atoms with Crippen molar-refractivity contribution in [3.05, 3.63) is 28.2 Å². The number of hydrogen-bond donors (Lipinski definition) is 2. The third kappa shape index (κ3) is 3.95. The first kappa shape index (κ1) is 12.1. The van der Waals surface area contributed by atoms with E-state index in [0.717, 1.165) is 0 Å². The van der Waals surface area contributed by atoms with Crippen LogP contribution in [0.2, 0.25) is 10.0 Å². The van der Waals surface area contributed by atoms with Crippen molar-refractivity contribution in [3.63, 3.8) is 0 Å². The number of amides is 1. The molecule has 3 N–H and O–H groups in total. The summed E-state index contributed by atoms with van der Waals surface area (Å²) in [5.74, 6) is 0.221. The molecule has 1 rings (SSSR count). The molecule has 0 aliphatic rings. The van der Waals surface area contributed by atoms with E-state index in [-0.39, 0.29) is 5.75 Å². The minimum absolute atomic E-state index is 0.221. The summed E-state index contributed by atoms with van der Waals surface area (Å²) in [6.45, 7) is 0.690. The fraction of sp³-hybridized carbons (Fsp3) is 0.222. The van der Waals surface area contributed by atoms with Gasteiger partial charge in [0.2, 0.25) is 0 Å². The Labute approximate surface area is 97.3 Å². The van der Waals surface area contributed by atoms with E-state index < -0.39 is 6.09 Å². The quantitative estimate of drug-likeness (QED) is 0.861. The highest BCUT2D eigenvalue weighted by atomic mass is 35.5. The van der Waals surface area contributed by atoms with Gasteiger partial charge in [-0.25, -0.2) is 4.79 Å². The van der Waals surface area contributed by atoms with Crippen LogP contribution in [0.5, 0.6) is 5.75 Å². The van der Waals surface area contributed by atoms with E-state index in [1.165, 1.54) is 6.07 Å². The number of hydrogen-bond acceptors (Lipinski definition) is 3. The molecule has 1 aromatic rings. The molecule has 6 heteroatoms. The van der Waals surface area contributed by atoms with Crippen molar-refractivity contribution >= 4 is 29.3 Å². The van der Waals surface area contributed by atoms with Crippen LogP contribution in [0.1, 0.15) is 0 Å². The van der Waals surface area contributed by atoms with Crippen LogP contribution >= 0.6 is 23.2 Å². The number of carbonyl (C=O) groups excluding carboxylic acids is 1. The molecule has 0 saturated heterocycles. The Bertz CT molecular complexity index is 358. The predicted octanol–water partition coefficient (Wildman–Crippen LogP) is 2.04. The maximum atomic E-state index is 11.1. The second-order valence-corrected chi connectivity index (χ2v) is 3.52. The van der Waals surface area contributed by atoms with Gasteiger partial charge in [-0.05, 0) is 12.1 Å². The van der Waals surface area contributed by atoms with Crippen molar-refractivity contribution in [1.82, 2.24) is 5.32 Å². The monoisotopic (exact) mass is 248 g/mol. The molecule has 0 spiro atoms. The normalized spacial score (nSPS) is 9.80. The highest BCUT2D eigenvalue weighted by Gasteiger charge is 2.07. The van der Waals surface area contributed by atoms with Gasteiger partial charge < -0.3 is 15.8 Å². The van der Waals surface area contributed by atoms with E-state index in [0.29, 0.717) is 23.1 Å². The molecule has 0 saturated carbocycles. The van der Waals surface area contributed by atoms with Crippen LogP contribution in [0, 0.1) is 0 Å². The summed E-state index contributed by atoms with van der Waals surface area (Å²) in [6.07, 6.45) is -0.607. The summed E-state index contributed by atoms with van der Waals surface area (Å²) in [5.41, 5.74) is 5.21. The van der Waals surface area contributed by atoms with Crippen molar-refractivity contribution in [2.45, 2.75) is 0 Å². The number of benzene rings is 1. The second-order valence-electron chi connectivity index (χ2n) is 2.68. The van der Waals surface area contributed by atoms with Crippen molar-refractivity contribution in [2.24, 2.45) is 5.73 Å². The van der Waals surface area contributed by atoms with Gasteiger partial charge in [0, 0.05) is 24.2 Å². The Balaban J connectivity index is 2.63. The molecular formula is C9H10Cl2N2O2. The number of carbonyl (C=O) groups is 1. The second kappa shape index (κ2) is 5.80. The van der Waals surface area contributed by atoms with Crippen LogP contribution in [0.4, 0.5) is 4.79 Å². The smallest absolute Gasteiger partial charge is 0.409 e. The molecule has 1 amide bonds. The largest absolute Gasteiger partial charge is 0.412 e. The molecular weight excluding hydrogens is 239 g/mol. The van der Waals surface area contributed by atoms with Crippen LogP contribution in [0.15, 0.2) is 18.2 Å². The Kier molecular flexibility index (Phi) is 4.68. The fourth-order valence-corrected chi connectivity index (χ4v) is 1.18. The predicted molar refractivity (Wildman–Crippen MR) is 59.5 cm³/mol. The molecule has 0 aliphatic carbocycles. The van der Waals surface area contributed by atoms with E-state index in [2.05, 4.69) is 5.32 Å². The zero-order valence-corrected chi connectivity index (χ0v) is 9.31. The average molecular weight is 249 g/mol. The molecule has 82 valence electrons. The topological polar surface area (TPSA) is 64.3 Å². The highest BCUT2D eigenvalue weighted by Crippen LogP contribution is 2.27. The third-order valence-electron chi connectivity index (χ3n) is 1.51. The molecule has 0 bridgehead atoms.